The van der Waals surface area contributed by atoms with Crippen LogP contribution in [0.25, 0.3) is 0 Å². The highest BCUT2D eigenvalue weighted by Gasteiger charge is 2.15. The molecule has 1 aliphatic rings. The SMILES string of the molecule is O=C(O)COCC(=O)NC(=O)NCC1CCCCS1. The molecule has 19 heavy (non-hydrogen) atoms. The smallest absolute Gasteiger partial charge is 0.329 e. The van der Waals surface area contributed by atoms with Gasteiger partial charge in [-0.1, -0.05) is 6.42 Å². The number of hydrogen-bond donors (Lipinski definition) is 3. The van der Waals surface area contributed by atoms with Crippen molar-refractivity contribution < 1.29 is 24.2 Å². The number of hydrogen-bond acceptors (Lipinski definition) is 5. The summed E-state index contributed by atoms with van der Waals surface area (Å²) < 4.78 is 4.56. The molecular formula is C11H18N2O5S. The summed E-state index contributed by atoms with van der Waals surface area (Å²) in [4.78, 5) is 32.7. The van der Waals surface area contributed by atoms with Crippen molar-refractivity contribution in [1.29, 1.82) is 0 Å². The van der Waals surface area contributed by atoms with Gasteiger partial charge in [0.15, 0.2) is 0 Å². The van der Waals surface area contributed by atoms with E-state index < -0.39 is 31.1 Å². The minimum atomic E-state index is -1.16. The molecule has 0 saturated carbocycles. The maximum atomic E-state index is 11.4. The van der Waals surface area contributed by atoms with E-state index in [9.17, 15) is 14.4 Å². The molecule has 1 rings (SSSR count). The topological polar surface area (TPSA) is 105 Å². The van der Waals surface area contributed by atoms with Gasteiger partial charge in [0, 0.05) is 11.8 Å². The molecule has 0 aromatic rings. The number of carboxylic acid groups (broad SMARTS) is 1. The fraction of sp³-hybridized carbons (Fsp3) is 0.727. The summed E-state index contributed by atoms with van der Waals surface area (Å²) in [5.74, 6) is -0.711. The fourth-order valence-corrected chi connectivity index (χ4v) is 2.85. The number of imide groups is 1. The van der Waals surface area contributed by atoms with Crippen LogP contribution in [-0.2, 0) is 14.3 Å². The number of amides is 3. The lowest BCUT2D eigenvalue weighted by molar-refractivity contribution is -0.143. The van der Waals surface area contributed by atoms with Gasteiger partial charge in [0.2, 0.25) is 0 Å². The van der Waals surface area contributed by atoms with Crippen molar-refractivity contribution in [3.63, 3.8) is 0 Å². The highest BCUT2D eigenvalue weighted by Crippen LogP contribution is 2.24. The van der Waals surface area contributed by atoms with E-state index in [1.165, 1.54) is 12.8 Å². The van der Waals surface area contributed by atoms with E-state index in [0.717, 1.165) is 12.2 Å². The third-order valence-electron chi connectivity index (χ3n) is 2.48. The molecule has 0 bridgehead atoms. The number of thioether (sulfide) groups is 1. The van der Waals surface area contributed by atoms with Gasteiger partial charge in [-0.05, 0) is 18.6 Å². The molecule has 3 amide bonds. The highest BCUT2D eigenvalue weighted by atomic mass is 32.2. The molecule has 0 aromatic heterocycles. The predicted molar refractivity (Wildman–Crippen MR) is 70.1 cm³/mol. The third kappa shape index (κ3) is 7.68. The second kappa shape index (κ2) is 8.76. The largest absolute Gasteiger partial charge is 0.480 e. The van der Waals surface area contributed by atoms with Gasteiger partial charge < -0.3 is 15.2 Å². The van der Waals surface area contributed by atoms with Crippen molar-refractivity contribution in [3.8, 4) is 0 Å². The van der Waals surface area contributed by atoms with Crippen molar-refractivity contribution in [3.05, 3.63) is 0 Å². The van der Waals surface area contributed by atoms with Crippen molar-refractivity contribution in [2.45, 2.75) is 24.5 Å². The minimum absolute atomic E-state index is 0.401. The van der Waals surface area contributed by atoms with E-state index in [2.05, 4.69) is 15.4 Å². The molecule has 3 N–H and O–H groups in total. The zero-order valence-corrected chi connectivity index (χ0v) is 11.3. The Kier molecular flexibility index (Phi) is 7.27. The second-order valence-electron chi connectivity index (χ2n) is 4.13. The molecule has 1 heterocycles. The van der Waals surface area contributed by atoms with Gasteiger partial charge in [0.1, 0.15) is 13.2 Å². The normalized spacial score (nSPS) is 18.6. The summed E-state index contributed by atoms with van der Waals surface area (Å²) in [7, 11) is 0. The molecular weight excluding hydrogens is 272 g/mol. The van der Waals surface area contributed by atoms with Gasteiger partial charge in [0.05, 0.1) is 0 Å². The van der Waals surface area contributed by atoms with Crippen LogP contribution in [0.2, 0.25) is 0 Å². The van der Waals surface area contributed by atoms with Crippen LogP contribution in [0.1, 0.15) is 19.3 Å². The van der Waals surface area contributed by atoms with Gasteiger partial charge in [0.25, 0.3) is 5.91 Å². The average Bonchev–Trinajstić information content (AvgIpc) is 2.37. The molecule has 0 aromatic carbocycles. The molecule has 1 unspecified atom stereocenters. The van der Waals surface area contributed by atoms with Crippen molar-refractivity contribution >= 4 is 29.7 Å². The Morgan fingerprint density at radius 1 is 1.26 bits per heavy atom. The van der Waals surface area contributed by atoms with Crippen molar-refractivity contribution in [2.24, 2.45) is 0 Å². The quantitative estimate of drug-likeness (QED) is 0.645. The lowest BCUT2D eigenvalue weighted by Gasteiger charge is -2.21. The van der Waals surface area contributed by atoms with Gasteiger partial charge >= 0.3 is 12.0 Å². The molecule has 1 atom stereocenters. The number of ether oxygens (including phenoxy) is 1. The van der Waals surface area contributed by atoms with Crippen LogP contribution >= 0.6 is 11.8 Å². The van der Waals surface area contributed by atoms with Crippen LogP contribution in [0.4, 0.5) is 4.79 Å². The third-order valence-corrected chi connectivity index (χ3v) is 3.87. The molecule has 108 valence electrons. The summed E-state index contributed by atoms with van der Waals surface area (Å²) in [6, 6.07) is -0.574. The molecule has 1 saturated heterocycles. The first-order chi connectivity index (χ1) is 9.08. The van der Waals surface area contributed by atoms with E-state index in [0.29, 0.717) is 11.8 Å². The van der Waals surface area contributed by atoms with Crippen LogP contribution < -0.4 is 10.6 Å². The van der Waals surface area contributed by atoms with E-state index >= 15 is 0 Å². The monoisotopic (exact) mass is 290 g/mol. The van der Waals surface area contributed by atoms with Gasteiger partial charge in [-0.3, -0.25) is 10.1 Å². The number of urea groups is 1. The molecule has 1 aliphatic heterocycles. The average molecular weight is 290 g/mol. The van der Waals surface area contributed by atoms with E-state index in [-0.39, 0.29) is 0 Å². The molecule has 0 spiro atoms. The van der Waals surface area contributed by atoms with Gasteiger partial charge in [-0.25, -0.2) is 9.59 Å². The van der Waals surface area contributed by atoms with Gasteiger partial charge in [-0.2, -0.15) is 11.8 Å². The summed E-state index contributed by atoms with van der Waals surface area (Å²) in [6.07, 6.45) is 3.45. The minimum Gasteiger partial charge on any atom is -0.480 e. The lowest BCUT2D eigenvalue weighted by atomic mass is 10.2. The summed E-state index contributed by atoms with van der Waals surface area (Å²) >= 11 is 1.82. The Labute approximate surface area is 115 Å². The van der Waals surface area contributed by atoms with Crippen molar-refractivity contribution in [2.75, 3.05) is 25.5 Å². The number of carbonyl (C=O) groups is 3. The zero-order valence-electron chi connectivity index (χ0n) is 10.5. The number of carbonyl (C=O) groups excluding carboxylic acids is 2. The number of aliphatic carboxylic acids is 1. The maximum absolute atomic E-state index is 11.4. The zero-order chi connectivity index (χ0) is 14.1. The first-order valence-electron chi connectivity index (χ1n) is 6.06. The van der Waals surface area contributed by atoms with Gasteiger partial charge in [-0.15, -0.1) is 0 Å². The van der Waals surface area contributed by atoms with E-state index in [4.69, 9.17) is 5.11 Å². The summed E-state index contributed by atoms with van der Waals surface area (Å²) in [5.41, 5.74) is 0. The Morgan fingerprint density at radius 3 is 2.68 bits per heavy atom. The molecule has 1 fully saturated rings. The summed E-state index contributed by atoms with van der Waals surface area (Å²) in [6.45, 7) is -0.481. The summed E-state index contributed by atoms with van der Waals surface area (Å²) in [5, 5.41) is 13.4. The molecule has 0 radical (unpaired) electrons. The predicted octanol–water partition coefficient (Wildman–Crippen LogP) is 0.199. The first-order valence-corrected chi connectivity index (χ1v) is 7.11. The standard InChI is InChI=1S/C11H18N2O5S/c14-9(6-18-7-10(15)16)13-11(17)12-5-8-3-1-2-4-19-8/h8H,1-7H2,(H,15,16)(H2,12,13,14,17). The lowest BCUT2D eigenvalue weighted by Crippen LogP contribution is -2.43. The van der Waals surface area contributed by atoms with Crippen LogP contribution in [0, 0.1) is 0 Å². The fourth-order valence-electron chi connectivity index (χ4n) is 1.61. The maximum Gasteiger partial charge on any atom is 0.329 e. The number of carboxylic acids is 1. The number of nitrogens with one attached hydrogen (secondary N) is 2. The van der Waals surface area contributed by atoms with Crippen molar-refractivity contribution in [1.82, 2.24) is 10.6 Å². The first kappa shape index (κ1) is 15.8. The van der Waals surface area contributed by atoms with E-state index in [1.807, 2.05) is 11.8 Å². The van der Waals surface area contributed by atoms with Crippen LogP contribution in [0.3, 0.4) is 0 Å². The molecule has 7 nitrogen and oxygen atoms in total. The van der Waals surface area contributed by atoms with E-state index in [1.54, 1.807) is 0 Å². The molecule has 0 aliphatic carbocycles. The Bertz CT molecular complexity index is 331. The van der Waals surface area contributed by atoms with Crippen LogP contribution in [0.5, 0.6) is 0 Å². The highest BCUT2D eigenvalue weighted by molar-refractivity contribution is 7.99. The van der Waals surface area contributed by atoms with Crippen LogP contribution in [0.15, 0.2) is 0 Å². The van der Waals surface area contributed by atoms with Crippen LogP contribution in [-0.4, -0.2) is 53.8 Å². The second-order valence-corrected chi connectivity index (χ2v) is 5.54. The number of rotatable bonds is 6. The Balaban J connectivity index is 2.08. The Morgan fingerprint density at radius 2 is 2.05 bits per heavy atom. The Hall–Kier alpha value is -1.28. The molecule has 8 heteroatoms.